The Bertz CT molecular complexity index is 648. The number of thiazole rings is 1. The summed E-state index contributed by atoms with van der Waals surface area (Å²) in [5.74, 6) is 2.55. The topological polar surface area (TPSA) is 39.2 Å². The number of hydrogen-bond donors (Lipinski definition) is 0. The minimum Gasteiger partial charge on any atom is -0.497 e. The Morgan fingerprint density at radius 1 is 1.32 bits per heavy atom. The maximum atomic E-state index is 12.3. The molecule has 0 N–H and O–H groups in total. The van der Waals surface area contributed by atoms with Gasteiger partial charge in [0.1, 0.15) is 5.75 Å². The molecule has 0 bridgehead atoms. The van der Waals surface area contributed by atoms with Crippen molar-refractivity contribution in [1.82, 2.24) is 4.98 Å². The summed E-state index contributed by atoms with van der Waals surface area (Å²) in [7, 11) is 0.717. The highest BCUT2D eigenvalue weighted by Gasteiger charge is 2.20. The van der Waals surface area contributed by atoms with Crippen LogP contribution < -0.4 is 4.74 Å². The molecule has 0 aliphatic heterocycles. The molecule has 1 aromatic heterocycles. The Kier molecular flexibility index (Phi) is 5.26. The van der Waals surface area contributed by atoms with Gasteiger partial charge in [-0.25, -0.2) is 4.98 Å². The van der Waals surface area contributed by atoms with E-state index in [1.165, 1.54) is 30.7 Å². The van der Waals surface area contributed by atoms with Gasteiger partial charge in [0.25, 0.3) is 0 Å². The fourth-order valence-electron chi connectivity index (χ4n) is 2.91. The van der Waals surface area contributed by atoms with Crippen molar-refractivity contribution >= 4 is 22.1 Å². The quantitative estimate of drug-likeness (QED) is 0.792. The molecule has 1 atom stereocenters. The zero-order chi connectivity index (χ0) is 15.4. The number of hydrogen-bond acceptors (Lipinski definition) is 4. The van der Waals surface area contributed by atoms with Gasteiger partial charge < -0.3 is 4.74 Å². The Morgan fingerprint density at radius 2 is 2.14 bits per heavy atom. The molecule has 1 aliphatic rings. The molecule has 3 nitrogen and oxygen atoms in total. The molecule has 0 saturated heterocycles. The van der Waals surface area contributed by atoms with Crippen LogP contribution in [0.15, 0.2) is 29.6 Å². The minimum absolute atomic E-state index is 0.542. The Hall–Kier alpha value is -1.20. The largest absolute Gasteiger partial charge is 0.497 e. The van der Waals surface area contributed by atoms with Crippen molar-refractivity contribution in [1.29, 1.82) is 0 Å². The summed E-state index contributed by atoms with van der Waals surface area (Å²) in [5.41, 5.74) is 2.03. The third-order valence-electron chi connectivity index (χ3n) is 4.04. The van der Waals surface area contributed by atoms with E-state index in [-0.39, 0.29) is 0 Å². The van der Waals surface area contributed by atoms with E-state index in [0.717, 1.165) is 17.0 Å². The lowest BCUT2D eigenvalue weighted by Crippen LogP contribution is -2.01. The Morgan fingerprint density at radius 3 is 2.91 bits per heavy atom. The van der Waals surface area contributed by atoms with Crippen molar-refractivity contribution in [3.63, 3.8) is 0 Å². The minimum atomic E-state index is -0.932. The lowest BCUT2D eigenvalue weighted by Gasteiger charge is -2.05. The van der Waals surface area contributed by atoms with E-state index >= 15 is 0 Å². The predicted molar refractivity (Wildman–Crippen MR) is 91.9 cm³/mol. The summed E-state index contributed by atoms with van der Waals surface area (Å²) in [6, 6.07) is 7.78. The first kappa shape index (κ1) is 15.7. The number of nitrogens with zero attached hydrogens (tertiary/aromatic N) is 1. The normalized spacial score (nSPS) is 16.8. The van der Waals surface area contributed by atoms with E-state index in [4.69, 9.17) is 9.72 Å². The average Bonchev–Trinajstić information content (AvgIpc) is 3.18. The monoisotopic (exact) mass is 335 g/mol. The summed E-state index contributed by atoms with van der Waals surface area (Å²) in [5, 5.41) is 3.32. The first-order valence-electron chi connectivity index (χ1n) is 7.67. The van der Waals surface area contributed by atoms with E-state index in [2.05, 4.69) is 5.38 Å². The molecular formula is C17H21NO2S2. The summed E-state index contributed by atoms with van der Waals surface area (Å²) < 4.78 is 17.6. The molecule has 0 unspecified atom stereocenters. The van der Waals surface area contributed by atoms with Crippen molar-refractivity contribution in [2.24, 2.45) is 0 Å². The van der Waals surface area contributed by atoms with Gasteiger partial charge in [0.05, 0.1) is 23.6 Å². The fourth-order valence-corrected chi connectivity index (χ4v) is 5.14. The molecule has 5 heteroatoms. The molecule has 22 heavy (non-hydrogen) atoms. The zero-order valence-electron chi connectivity index (χ0n) is 12.8. The van der Waals surface area contributed by atoms with E-state index < -0.39 is 10.8 Å². The molecule has 1 aliphatic carbocycles. The number of aromatic nitrogens is 1. The van der Waals surface area contributed by atoms with Crippen molar-refractivity contribution < 1.29 is 8.95 Å². The van der Waals surface area contributed by atoms with Crippen molar-refractivity contribution in [3.8, 4) is 5.75 Å². The molecule has 2 aromatic rings. The van der Waals surface area contributed by atoms with Gasteiger partial charge in [-0.2, -0.15) is 0 Å². The second-order valence-corrected chi connectivity index (χ2v) is 8.09. The van der Waals surface area contributed by atoms with Crippen LogP contribution in [0.1, 0.15) is 47.9 Å². The van der Waals surface area contributed by atoms with E-state index in [1.807, 2.05) is 24.3 Å². The van der Waals surface area contributed by atoms with Crippen LogP contribution in [0.2, 0.25) is 0 Å². The maximum Gasteiger partial charge on any atom is 0.119 e. The summed E-state index contributed by atoms with van der Waals surface area (Å²) in [6.45, 7) is 0. The van der Waals surface area contributed by atoms with Crippen molar-refractivity contribution in [2.45, 2.75) is 43.1 Å². The number of methoxy groups -OCH3 is 1. The van der Waals surface area contributed by atoms with Gasteiger partial charge in [0.2, 0.25) is 0 Å². The van der Waals surface area contributed by atoms with Crippen LogP contribution in [0.4, 0.5) is 0 Å². The first-order valence-corrected chi connectivity index (χ1v) is 10.0. The Balaban J connectivity index is 1.59. The van der Waals surface area contributed by atoms with Crippen LogP contribution in [-0.2, 0) is 22.3 Å². The van der Waals surface area contributed by atoms with Crippen LogP contribution >= 0.6 is 11.3 Å². The van der Waals surface area contributed by atoms with Crippen LogP contribution in [0.25, 0.3) is 0 Å². The maximum absolute atomic E-state index is 12.3. The summed E-state index contributed by atoms with van der Waals surface area (Å²) in [6.07, 6.45) is 5.17. The van der Waals surface area contributed by atoms with E-state index in [0.29, 0.717) is 17.4 Å². The van der Waals surface area contributed by atoms with E-state index in [9.17, 15) is 4.21 Å². The van der Waals surface area contributed by atoms with Crippen LogP contribution in [-0.4, -0.2) is 16.3 Å². The number of benzene rings is 1. The fraction of sp³-hybridized carbons (Fsp3) is 0.471. The molecule has 3 rings (SSSR count). The van der Waals surface area contributed by atoms with Crippen LogP contribution in [0, 0.1) is 0 Å². The van der Waals surface area contributed by atoms with Gasteiger partial charge in [-0.15, -0.1) is 11.3 Å². The van der Waals surface area contributed by atoms with Gasteiger partial charge in [0, 0.05) is 27.9 Å². The molecule has 1 saturated carbocycles. The first-order chi connectivity index (χ1) is 10.7. The molecule has 118 valence electrons. The van der Waals surface area contributed by atoms with Gasteiger partial charge in [-0.05, 0) is 30.5 Å². The second-order valence-electron chi connectivity index (χ2n) is 5.74. The standard InChI is InChI=1S/C17H21NO2S2/c1-20-16-8-4-5-13(9-16)11-22(19)12-15-10-21-17(18-15)14-6-2-3-7-14/h4-5,8-10,14H,2-3,6-7,11-12H2,1H3/t22-/m1/s1. The van der Waals surface area contributed by atoms with Crippen LogP contribution in [0.3, 0.4) is 0 Å². The zero-order valence-corrected chi connectivity index (χ0v) is 14.4. The van der Waals surface area contributed by atoms with Crippen molar-refractivity contribution in [2.75, 3.05) is 7.11 Å². The van der Waals surface area contributed by atoms with Crippen LogP contribution in [0.5, 0.6) is 5.75 Å². The number of rotatable bonds is 6. The highest BCUT2D eigenvalue weighted by molar-refractivity contribution is 7.83. The highest BCUT2D eigenvalue weighted by atomic mass is 32.2. The average molecular weight is 335 g/mol. The molecule has 1 heterocycles. The molecule has 0 amide bonds. The van der Waals surface area contributed by atoms with Gasteiger partial charge in [0.15, 0.2) is 0 Å². The summed E-state index contributed by atoms with van der Waals surface area (Å²) in [4.78, 5) is 4.71. The molecular weight excluding hydrogens is 314 g/mol. The van der Waals surface area contributed by atoms with Gasteiger partial charge >= 0.3 is 0 Å². The third kappa shape index (κ3) is 3.96. The second kappa shape index (κ2) is 7.38. The van der Waals surface area contributed by atoms with Gasteiger partial charge in [-0.1, -0.05) is 25.0 Å². The SMILES string of the molecule is COc1cccc(C[S@@](=O)Cc2csc(C3CCCC3)n2)c1. The highest BCUT2D eigenvalue weighted by Crippen LogP contribution is 2.35. The lowest BCUT2D eigenvalue weighted by molar-refractivity contribution is 0.414. The molecule has 0 spiro atoms. The molecule has 1 fully saturated rings. The molecule has 1 aromatic carbocycles. The molecule has 0 radical (unpaired) electrons. The predicted octanol–water partition coefficient (Wildman–Crippen LogP) is 4.26. The van der Waals surface area contributed by atoms with Gasteiger partial charge in [-0.3, -0.25) is 4.21 Å². The third-order valence-corrected chi connectivity index (χ3v) is 6.37. The van der Waals surface area contributed by atoms with E-state index in [1.54, 1.807) is 18.4 Å². The lowest BCUT2D eigenvalue weighted by atomic mass is 10.1. The summed E-state index contributed by atoms with van der Waals surface area (Å²) >= 11 is 1.74. The smallest absolute Gasteiger partial charge is 0.119 e. The Labute approximate surface area is 138 Å². The van der Waals surface area contributed by atoms with Crippen molar-refractivity contribution in [3.05, 3.63) is 45.9 Å². The number of ether oxygens (including phenoxy) is 1.